The lowest BCUT2D eigenvalue weighted by molar-refractivity contribution is 0.299. The smallest absolute Gasteiger partial charge is 0.0471 e. The third-order valence-electron chi connectivity index (χ3n) is 3.35. The molecule has 94 valence electrons. The molecule has 1 heterocycles. The van der Waals surface area contributed by atoms with E-state index in [1.54, 1.807) is 0 Å². The Hall–Kier alpha value is -2.19. The first-order chi connectivity index (χ1) is 9.38. The standard InChI is InChI=1S/C17H15NO/c19-11-9-13-4-6-15(7-5-13)16-3-1-2-14-8-10-18-12-17(14)16/h1-8,10,12,19H,9,11H2. The highest BCUT2D eigenvalue weighted by Gasteiger charge is 2.03. The summed E-state index contributed by atoms with van der Waals surface area (Å²) in [5, 5.41) is 11.3. The van der Waals surface area contributed by atoms with Gasteiger partial charge in [0.1, 0.15) is 0 Å². The summed E-state index contributed by atoms with van der Waals surface area (Å²) < 4.78 is 0. The zero-order chi connectivity index (χ0) is 13.1. The lowest BCUT2D eigenvalue weighted by atomic mass is 9.98. The summed E-state index contributed by atoms with van der Waals surface area (Å²) in [6.07, 6.45) is 4.43. The highest BCUT2D eigenvalue weighted by molar-refractivity contribution is 5.95. The van der Waals surface area contributed by atoms with Crippen molar-refractivity contribution in [2.45, 2.75) is 6.42 Å². The molecule has 0 radical (unpaired) electrons. The number of aliphatic hydroxyl groups is 1. The molecule has 1 N–H and O–H groups in total. The van der Waals surface area contributed by atoms with Gasteiger partial charge >= 0.3 is 0 Å². The molecule has 0 fully saturated rings. The number of rotatable bonds is 3. The summed E-state index contributed by atoms with van der Waals surface area (Å²) in [6, 6.07) is 16.7. The fourth-order valence-electron chi connectivity index (χ4n) is 2.35. The average Bonchev–Trinajstić information content (AvgIpc) is 2.48. The highest BCUT2D eigenvalue weighted by atomic mass is 16.2. The second-order valence-electron chi connectivity index (χ2n) is 4.57. The summed E-state index contributed by atoms with van der Waals surface area (Å²) >= 11 is 0. The van der Waals surface area contributed by atoms with E-state index in [4.69, 9.17) is 5.11 Å². The van der Waals surface area contributed by atoms with Gasteiger partial charge in [0, 0.05) is 24.4 Å². The predicted molar refractivity (Wildman–Crippen MR) is 78.0 cm³/mol. The van der Waals surface area contributed by atoms with Crippen LogP contribution < -0.4 is 0 Å². The third kappa shape index (κ3) is 2.35. The SMILES string of the molecule is OCCc1ccc(-c2cccc3ccncc23)cc1. The van der Waals surface area contributed by atoms with Gasteiger partial charge in [-0.25, -0.2) is 0 Å². The first-order valence-corrected chi connectivity index (χ1v) is 6.41. The Bertz CT molecular complexity index is 684. The van der Waals surface area contributed by atoms with E-state index in [9.17, 15) is 0 Å². The highest BCUT2D eigenvalue weighted by Crippen LogP contribution is 2.28. The molecule has 0 spiro atoms. The van der Waals surface area contributed by atoms with Crippen molar-refractivity contribution in [2.75, 3.05) is 6.61 Å². The molecule has 0 saturated heterocycles. The van der Waals surface area contributed by atoms with Crippen molar-refractivity contribution >= 4 is 10.8 Å². The molecule has 0 bridgehead atoms. The maximum atomic E-state index is 8.94. The summed E-state index contributed by atoms with van der Waals surface area (Å²) in [7, 11) is 0. The minimum atomic E-state index is 0.192. The predicted octanol–water partition coefficient (Wildman–Crippen LogP) is 3.44. The van der Waals surface area contributed by atoms with Crippen LogP contribution in [0.1, 0.15) is 5.56 Å². The molecule has 0 amide bonds. The number of hydrogen-bond acceptors (Lipinski definition) is 2. The van der Waals surface area contributed by atoms with Crippen molar-refractivity contribution in [1.82, 2.24) is 4.98 Å². The summed E-state index contributed by atoms with van der Waals surface area (Å²) in [5.41, 5.74) is 3.53. The van der Waals surface area contributed by atoms with Gasteiger partial charge in [-0.3, -0.25) is 4.98 Å². The molecular weight excluding hydrogens is 234 g/mol. The Kier molecular flexibility index (Phi) is 3.25. The van der Waals surface area contributed by atoms with Crippen LogP contribution in [-0.4, -0.2) is 16.7 Å². The fraction of sp³-hybridized carbons (Fsp3) is 0.118. The average molecular weight is 249 g/mol. The molecular formula is C17H15NO. The first-order valence-electron chi connectivity index (χ1n) is 6.41. The molecule has 0 atom stereocenters. The van der Waals surface area contributed by atoms with E-state index < -0.39 is 0 Å². The number of hydrogen-bond donors (Lipinski definition) is 1. The second-order valence-corrected chi connectivity index (χ2v) is 4.57. The van der Waals surface area contributed by atoms with E-state index in [0.717, 1.165) is 5.56 Å². The number of benzene rings is 2. The zero-order valence-corrected chi connectivity index (χ0v) is 10.6. The van der Waals surface area contributed by atoms with Gasteiger partial charge in [0.05, 0.1) is 0 Å². The van der Waals surface area contributed by atoms with Gasteiger partial charge in [0.25, 0.3) is 0 Å². The van der Waals surface area contributed by atoms with Crippen LogP contribution in [0, 0.1) is 0 Å². The van der Waals surface area contributed by atoms with Crippen LogP contribution in [0.4, 0.5) is 0 Å². The van der Waals surface area contributed by atoms with E-state index in [-0.39, 0.29) is 6.61 Å². The van der Waals surface area contributed by atoms with Crippen molar-refractivity contribution < 1.29 is 5.11 Å². The van der Waals surface area contributed by atoms with Crippen LogP contribution in [0.3, 0.4) is 0 Å². The molecule has 3 aromatic rings. The molecule has 0 unspecified atom stereocenters. The van der Waals surface area contributed by atoms with Crippen molar-refractivity contribution in [3.63, 3.8) is 0 Å². The Morgan fingerprint density at radius 3 is 2.58 bits per heavy atom. The minimum Gasteiger partial charge on any atom is -0.396 e. The molecule has 2 nitrogen and oxygen atoms in total. The lowest BCUT2D eigenvalue weighted by Gasteiger charge is -2.07. The second kappa shape index (κ2) is 5.21. The lowest BCUT2D eigenvalue weighted by Crippen LogP contribution is -1.90. The van der Waals surface area contributed by atoms with Gasteiger partial charge in [-0.2, -0.15) is 0 Å². The van der Waals surface area contributed by atoms with E-state index in [1.165, 1.54) is 21.9 Å². The van der Waals surface area contributed by atoms with Crippen LogP contribution in [0.5, 0.6) is 0 Å². The topological polar surface area (TPSA) is 33.1 Å². The van der Waals surface area contributed by atoms with E-state index >= 15 is 0 Å². The molecule has 0 aliphatic carbocycles. The third-order valence-corrected chi connectivity index (χ3v) is 3.35. The van der Waals surface area contributed by atoms with Gasteiger partial charge < -0.3 is 5.11 Å². The maximum absolute atomic E-state index is 8.94. The van der Waals surface area contributed by atoms with Gasteiger partial charge in [-0.1, -0.05) is 42.5 Å². The van der Waals surface area contributed by atoms with Crippen molar-refractivity contribution in [2.24, 2.45) is 0 Å². The molecule has 0 aliphatic heterocycles. The van der Waals surface area contributed by atoms with E-state index in [2.05, 4.69) is 47.4 Å². The molecule has 2 heteroatoms. The molecule has 3 rings (SSSR count). The molecule has 19 heavy (non-hydrogen) atoms. The normalized spacial score (nSPS) is 10.8. The van der Waals surface area contributed by atoms with E-state index in [0.29, 0.717) is 6.42 Å². The van der Waals surface area contributed by atoms with E-state index in [1.807, 2.05) is 18.5 Å². The molecule has 0 saturated carbocycles. The Morgan fingerprint density at radius 1 is 0.947 bits per heavy atom. The quantitative estimate of drug-likeness (QED) is 0.771. The van der Waals surface area contributed by atoms with Gasteiger partial charge in [-0.05, 0) is 34.6 Å². The van der Waals surface area contributed by atoms with Gasteiger partial charge in [0.15, 0.2) is 0 Å². The zero-order valence-electron chi connectivity index (χ0n) is 10.6. The van der Waals surface area contributed by atoms with Crippen LogP contribution in [-0.2, 0) is 6.42 Å². The fourth-order valence-corrected chi connectivity index (χ4v) is 2.35. The molecule has 2 aromatic carbocycles. The monoisotopic (exact) mass is 249 g/mol. The van der Waals surface area contributed by atoms with Gasteiger partial charge in [0.2, 0.25) is 0 Å². The first kappa shape index (κ1) is 11.9. The Labute approximate surface area is 112 Å². The Morgan fingerprint density at radius 2 is 1.79 bits per heavy atom. The molecule has 0 aliphatic rings. The number of pyridine rings is 1. The van der Waals surface area contributed by atoms with Crippen LogP contribution in [0.2, 0.25) is 0 Å². The number of aromatic nitrogens is 1. The van der Waals surface area contributed by atoms with Gasteiger partial charge in [-0.15, -0.1) is 0 Å². The summed E-state index contributed by atoms with van der Waals surface area (Å²) in [4.78, 5) is 4.21. The molecule has 1 aromatic heterocycles. The van der Waals surface area contributed by atoms with Crippen LogP contribution in [0.15, 0.2) is 60.9 Å². The maximum Gasteiger partial charge on any atom is 0.0471 e. The summed E-state index contributed by atoms with van der Waals surface area (Å²) in [5.74, 6) is 0. The Balaban J connectivity index is 2.08. The van der Waals surface area contributed by atoms with Crippen molar-refractivity contribution in [3.05, 3.63) is 66.5 Å². The number of aliphatic hydroxyl groups excluding tert-OH is 1. The van der Waals surface area contributed by atoms with Crippen molar-refractivity contribution in [1.29, 1.82) is 0 Å². The van der Waals surface area contributed by atoms with Crippen LogP contribution in [0.25, 0.3) is 21.9 Å². The number of nitrogens with zero attached hydrogens (tertiary/aromatic N) is 1. The van der Waals surface area contributed by atoms with Crippen molar-refractivity contribution in [3.8, 4) is 11.1 Å². The summed E-state index contributed by atoms with van der Waals surface area (Å²) in [6.45, 7) is 0.192. The van der Waals surface area contributed by atoms with Crippen LogP contribution >= 0.6 is 0 Å². The number of fused-ring (bicyclic) bond motifs is 1. The minimum absolute atomic E-state index is 0.192. The largest absolute Gasteiger partial charge is 0.396 e.